The number of sulfonamides is 1. The fourth-order valence-electron chi connectivity index (χ4n) is 1.78. The Morgan fingerprint density at radius 2 is 2.05 bits per heavy atom. The Balaban J connectivity index is 2.77. The molecule has 0 fully saturated rings. The van der Waals surface area contributed by atoms with Gasteiger partial charge in [0, 0.05) is 12.0 Å². The Bertz CT molecular complexity index is 631. The number of carboxylic acids is 1. The zero-order chi connectivity index (χ0) is 16.3. The highest BCUT2D eigenvalue weighted by Gasteiger charge is 2.25. The van der Waals surface area contributed by atoms with Crippen LogP contribution in [0.5, 0.6) is 0 Å². The molecule has 1 aromatic carbocycles. The van der Waals surface area contributed by atoms with Crippen molar-refractivity contribution in [2.75, 3.05) is 0 Å². The number of nitrogens with one attached hydrogen (secondary N) is 1. The normalized spacial score (nSPS) is 12.4. The zero-order valence-electron chi connectivity index (χ0n) is 11.7. The maximum Gasteiger partial charge on any atom is 0.303 e. The summed E-state index contributed by atoms with van der Waals surface area (Å²) < 4.78 is 39.6. The highest BCUT2D eigenvalue weighted by Crippen LogP contribution is 2.19. The monoisotopic (exact) mass is 337 g/mol. The average Bonchev–Trinajstić information content (AvgIpc) is 2.30. The summed E-state index contributed by atoms with van der Waals surface area (Å²) in [6, 6.07) is 3.69. The maximum atomic E-state index is 13.0. The molecule has 0 saturated carbocycles. The first-order valence-corrected chi connectivity index (χ1v) is 8.21. The Hall–Kier alpha value is -1.18. The molecule has 0 spiro atoms. The van der Waals surface area contributed by atoms with Gasteiger partial charge in [-0.3, -0.25) is 4.79 Å². The molecule has 0 atom stereocenters. The number of aliphatic carboxylic acids is 1. The molecule has 0 aliphatic heterocycles. The van der Waals surface area contributed by atoms with Crippen LogP contribution >= 0.6 is 11.6 Å². The van der Waals surface area contributed by atoms with Gasteiger partial charge in [-0.1, -0.05) is 17.7 Å². The molecule has 0 amide bonds. The molecule has 118 valence electrons. The van der Waals surface area contributed by atoms with Crippen LogP contribution in [-0.4, -0.2) is 25.0 Å². The number of rotatable bonds is 7. The van der Waals surface area contributed by atoms with Crippen molar-refractivity contribution in [3.63, 3.8) is 0 Å². The molecule has 0 aliphatic rings. The predicted octanol–water partition coefficient (Wildman–Crippen LogP) is 2.54. The molecule has 0 radical (unpaired) electrons. The van der Waals surface area contributed by atoms with Gasteiger partial charge in [0.05, 0.1) is 10.8 Å². The predicted molar refractivity (Wildman–Crippen MR) is 78.1 cm³/mol. The van der Waals surface area contributed by atoms with Crippen molar-refractivity contribution in [3.8, 4) is 0 Å². The third-order valence-corrected chi connectivity index (χ3v) is 4.60. The summed E-state index contributed by atoms with van der Waals surface area (Å²) in [5, 5.41) is 8.49. The van der Waals surface area contributed by atoms with E-state index < -0.39 is 27.3 Å². The molecule has 1 rings (SSSR count). The van der Waals surface area contributed by atoms with E-state index in [0.717, 1.165) is 6.07 Å². The number of carbonyl (C=O) groups is 1. The van der Waals surface area contributed by atoms with E-state index in [4.69, 9.17) is 16.7 Å². The lowest BCUT2D eigenvalue weighted by atomic mass is 10.0. The minimum atomic E-state index is -3.69. The Labute approximate surface area is 128 Å². The summed E-state index contributed by atoms with van der Waals surface area (Å²) >= 11 is 5.60. The van der Waals surface area contributed by atoms with Crippen molar-refractivity contribution in [2.24, 2.45) is 0 Å². The number of hydrogen-bond acceptors (Lipinski definition) is 3. The van der Waals surface area contributed by atoms with Crippen molar-refractivity contribution < 1.29 is 22.7 Å². The van der Waals surface area contributed by atoms with Gasteiger partial charge in [-0.05, 0) is 38.0 Å². The van der Waals surface area contributed by atoms with E-state index >= 15 is 0 Å². The fraction of sp³-hybridized carbons (Fsp3) is 0.462. The van der Waals surface area contributed by atoms with E-state index in [1.54, 1.807) is 13.8 Å². The SMILES string of the molecule is CC(C)(CCC(=O)O)NS(=O)(=O)Cc1ccc(F)c(Cl)c1. The summed E-state index contributed by atoms with van der Waals surface area (Å²) in [4.78, 5) is 10.5. The minimum absolute atomic E-state index is 0.141. The minimum Gasteiger partial charge on any atom is -0.481 e. The average molecular weight is 338 g/mol. The van der Waals surface area contributed by atoms with E-state index in [-0.39, 0.29) is 23.6 Å². The summed E-state index contributed by atoms with van der Waals surface area (Å²) in [5.74, 6) is -1.97. The molecule has 0 heterocycles. The lowest BCUT2D eigenvalue weighted by molar-refractivity contribution is -0.137. The van der Waals surface area contributed by atoms with Gasteiger partial charge in [-0.25, -0.2) is 17.5 Å². The van der Waals surface area contributed by atoms with Gasteiger partial charge in [-0.15, -0.1) is 0 Å². The number of hydrogen-bond donors (Lipinski definition) is 2. The molecule has 0 saturated heterocycles. The molecule has 0 aromatic heterocycles. The van der Waals surface area contributed by atoms with Crippen LogP contribution in [0.25, 0.3) is 0 Å². The van der Waals surface area contributed by atoms with Crippen LogP contribution in [-0.2, 0) is 20.6 Å². The largest absolute Gasteiger partial charge is 0.481 e. The first-order valence-electron chi connectivity index (χ1n) is 6.18. The zero-order valence-corrected chi connectivity index (χ0v) is 13.3. The van der Waals surface area contributed by atoms with Crippen molar-refractivity contribution in [1.29, 1.82) is 0 Å². The van der Waals surface area contributed by atoms with Gasteiger partial charge in [0.2, 0.25) is 10.0 Å². The summed E-state index contributed by atoms with van der Waals surface area (Å²) in [6.07, 6.45) is 0.0175. The van der Waals surface area contributed by atoms with Gasteiger partial charge in [-0.2, -0.15) is 0 Å². The molecular formula is C13H17ClFNO4S. The second-order valence-corrected chi connectivity index (χ2v) is 7.52. The third-order valence-electron chi connectivity index (χ3n) is 2.74. The van der Waals surface area contributed by atoms with E-state index in [2.05, 4.69) is 4.72 Å². The highest BCUT2D eigenvalue weighted by atomic mass is 35.5. The third kappa shape index (κ3) is 6.41. The summed E-state index contributed by atoms with van der Waals surface area (Å²) in [6.45, 7) is 3.20. The van der Waals surface area contributed by atoms with Gasteiger partial charge in [0.25, 0.3) is 0 Å². The number of halogens is 2. The fourth-order valence-corrected chi connectivity index (χ4v) is 3.61. The van der Waals surface area contributed by atoms with E-state index in [1.165, 1.54) is 12.1 Å². The maximum absolute atomic E-state index is 13.0. The molecule has 1 aromatic rings. The van der Waals surface area contributed by atoms with Gasteiger partial charge in [0.1, 0.15) is 5.82 Å². The first kappa shape index (κ1) is 17.9. The topological polar surface area (TPSA) is 83.5 Å². The quantitative estimate of drug-likeness (QED) is 0.801. The van der Waals surface area contributed by atoms with Crippen LogP contribution in [0.2, 0.25) is 5.02 Å². The van der Waals surface area contributed by atoms with Gasteiger partial charge in [0.15, 0.2) is 0 Å². The molecular weight excluding hydrogens is 321 g/mol. The first-order chi connectivity index (χ1) is 9.51. The summed E-state index contributed by atoms with van der Waals surface area (Å²) in [5.41, 5.74) is -0.538. The van der Waals surface area contributed by atoms with Crippen molar-refractivity contribution in [3.05, 3.63) is 34.6 Å². The van der Waals surface area contributed by atoms with Crippen LogP contribution in [0.4, 0.5) is 4.39 Å². The lowest BCUT2D eigenvalue weighted by Gasteiger charge is -2.25. The molecule has 0 unspecified atom stereocenters. The number of benzene rings is 1. The van der Waals surface area contributed by atoms with Crippen LogP contribution in [0.3, 0.4) is 0 Å². The lowest BCUT2D eigenvalue weighted by Crippen LogP contribution is -2.44. The van der Waals surface area contributed by atoms with Crippen molar-refractivity contribution >= 4 is 27.6 Å². The Morgan fingerprint density at radius 3 is 2.57 bits per heavy atom. The van der Waals surface area contributed by atoms with Gasteiger partial charge < -0.3 is 5.11 Å². The molecule has 2 N–H and O–H groups in total. The van der Waals surface area contributed by atoms with E-state index in [0.29, 0.717) is 5.56 Å². The molecule has 0 aliphatic carbocycles. The smallest absolute Gasteiger partial charge is 0.303 e. The second kappa shape index (κ2) is 6.72. The van der Waals surface area contributed by atoms with Crippen molar-refractivity contribution in [1.82, 2.24) is 4.72 Å². The Kier molecular flexibility index (Phi) is 5.72. The number of carboxylic acid groups (broad SMARTS) is 1. The van der Waals surface area contributed by atoms with Crippen molar-refractivity contribution in [2.45, 2.75) is 38.0 Å². The Morgan fingerprint density at radius 1 is 1.43 bits per heavy atom. The van der Waals surface area contributed by atoms with Crippen LogP contribution in [0.15, 0.2) is 18.2 Å². The molecule has 5 nitrogen and oxygen atoms in total. The van der Waals surface area contributed by atoms with Gasteiger partial charge >= 0.3 is 5.97 Å². The summed E-state index contributed by atoms with van der Waals surface area (Å²) in [7, 11) is -3.69. The standard InChI is InChI=1S/C13H17ClFNO4S/c1-13(2,6-5-12(17)18)16-21(19,20)8-9-3-4-11(15)10(14)7-9/h3-4,7,16H,5-6,8H2,1-2H3,(H,17,18). The molecule has 21 heavy (non-hydrogen) atoms. The van der Waals surface area contributed by atoms with E-state index in [1.807, 2.05) is 0 Å². The molecule has 8 heteroatoms. The second-order valence-electron chi connectivity index (χ2n) is 5.39. The molecule has 0 bridgehead atoms. The van der Waals surface area contributed by atoms with Crippen LogP contribution in [0, 0.1) is 5.82 Å². The highest BCUT2D eigenvalue weighted by molar-refractivity contribution is 7.88. The van der Waals surface area contributed by atoms with Crippen LogP contribution in [0.1, 0.15) is 32.3 Å². The van der Waals surface area contributed by atoms with E-state index in [9.17, 15) is 17.6 Å². The van der Waals surface area contributed by atoms with Crippen LogP contribution < -0.4 is 4.72 Å².